The monoisotopic (exact) mass is 466 g/mol. The van der Waals surface area contributed by atoms with E-state index in [4.69, 9.17) is 9.73 Å². The third-order valence-electron chi connectivity index (χ3n) is 6.76. The summed E-state index contributed by atoms with van der Waals surface area (Å²) in [6.45, 7) is 1.48. The molecule has 1 fully saturated rings. The molecule has 0 radical (unpaired) electrons. The zero-order valence-electron chi connectivity index (χ0n) is 19.4. The zero-order valence-corrected chi connectivity index (χ0v) is 19.4. The van der Waals surface area contributed by atoms with Gasteiger partial charge in [-0.1, -0.05) is 24.3 Å². The van der Waals surface area contributed by atoms with E-state index < -0.39 is 0 Å². The fourth-order valence-corrected chi connectivity index (χ4v) is 5.04. The standard InChI is InChI=1S/C29H27FN4O/c30-22-8-10-24(11-9-22)34-27-6-2-1-5-20(27)17-21-18-25(33-29-7-3-4-14-31-29)26(19-28(21)34)32-23-12-15-35-16-13-23/h1-11,14,18-19,21,23H,12-13,15-17H2,(H,31,33). The Morgan fingerprint density at radius 3 is 2.57 bits per heavy atom. The Bertz CT molecular complexity index is 1290. The van der Waals surface area contributed by atoms with Gasteiger partial charge >= 0.3 is 0 Å². The van der Waals surface area contributed by atoms with E-state index >= 15 is 0 Å². The first kappa shape index (κ1) is 21.7. The molecule has 1 aromatic heterocycles. The fourth-order valence-electron chi connectivity index (χ4n) is 5.04. The number of allylic oxidation sites excluding steroid dienone is 2. The van der Waals surface area contributed by atoms with Crippen LogP contribution in [0, 0.1) is 11.7 Å². The van der Waals surface area contributed by atoms with Crippen molar-refractivity contribution in [3.8, 4) is 0 Å². The molecule has 3 aromatic rings. The maximum absolute atomic E-state index is 13.8. The predicted octanol–water partition coefficient (Wildman–Crippen LogP) is 6.04. The summed E-state index contributed by atoms with van der Waals surface area (Å²) in [6, 6.07) is 21.2. The Hall–Kier alpha value is -3.77. The molecule has 1 aliphatic carbocycles. The second-order valence-electron chi connectivity index (χ2n) is 9.10. The van der Waals surface area contributed by atoms with Crippen LogP contribution in [0.25, 0.3) is 0 Å². The first-order valence-electron chi connectivity index (χ1n) is 12.2. The summed E-state index contributed by atoms with van der Waals surface area (Å²) in [7, 11) is 0. The summed E-state index contributed by atoms with van der Waals surface area (Å²) in [5.74, 6) is 0.702. The Balaban J connectivity index is 1.46. The van der Waals surface area contributed by atoms with Crippen molar-refractivity contribution in [2.75, 3.05) is 23.4 Å². The molecule has 1 saturated heterocycles. The molecule has 0 spiro atoms. The highest BCUT2D eigenvalue weighted by Gasteiger charge is 2.33. The predicted molar refractivity (Wildman–Crippen MR) is 137 cm³/mol. The molecule has 3 aliphatic rings. The average Bonchev–Trinajstić information content (AvgIpc) is 2.90. The van der Waals surface area contributed by atoms with Crippen LogP contribution in [0.3, 0.4) is 0 Å². The zero-order chi connectivity index (χ0) is 23.6. The van der Waals surface area contributed by atoms with Gasteiger partial charge in [-0.25, -0.2) is 9.37 Å². The van der Waals surface area contributed by atoms with E-state index in [2.05, 4.69) is 51.6 Å². The Morgan fingerprint density at radius 2 is 1.77 bits per heavy atom. The lowest BCUT2D eigenvalue weighted by Gasteiger charge is -2.40. The number of ether oxygens (including phenoxy) is 1. The minimum atomic E-state index is -0.239. The third-order valence-corrected chi connectivity index (χ3v) is 6.76. The van der Waals surface area contributed by atoms with Crippen LogP contribution >= 0.6 is 0 Å². The number of hydrogen-bond acceptors (Lipinski definition) is 5. The summed E-state index contributed by atoms with van der Waals surface area (Å²) >= 11 is 0. The SMILES string of the molecule is Fc1ccc(N2C3=CC(=NC4CCOCC4)C(Nc4ccccn4)=CC3Cc3ccccc32)cc1. The largest absolute Gasteiger partial charge is 0.381 e. The molecule has 0 bridgehead atoms. The van der Waals surface area contributed by atoms with Crippen molar-refractivity contribution < 1.29 is 9.13 Å². The van der Waals surface area contributed by atoms with Crippen LogP contribution in [0.2, 0.25) is 0 Å². The number of fused-ring (bicyclic) bond motifs is 2. The number of anilines is 3. The Morgan fingerprint density at radius 1 is 0.971 bits per heavy atom. The molecular formula is C29H27FN4O. The summed E-state index contributed by atoms with van der Waals surface area (Å²) in [5, 5.41) is 3.51. The summed E-state index contributed by atoms with van der Waals surface area (Å²) in [4.78, 5) is 11.9. The van der Waals surface area contributed by atoms with Crippen molar-refractivity contribution in [1.82, 2.24) is 4.98 Å². The van der Waals surface area contributed by atoms with Gasteiger partial charge in [-0.2, -0.15) is 0 Å². The van der Waals surface area contributed by atoms with E-state index in [1.54, 1.807) is 6.20 Å². The Labute approximate surface area is 204 Å². The van der Waals surface area contributed by atoms with Gasteiger partial charge in [-0.05, 0) is 79.4 Å². The van der Waals surface area contributed by atoms with Crippen LogP contribution in [0.1, 0.15) is 18.4 Å². The lowest BCUT2D eigenvalue weighted by Crippen LogP contribution is -2.33. The van der Waals surface area contributed by atoms with Gasteiger partial charge in [0.05, 0.1) is 17.5 Å². The highest BCUT2D eigenvalue weighted by Crippen LogP contribution is 2.44. The van der Waals surface area contributed by atoms with Crippen molar-refractivity contribution in [2.24, 2.45) is 10.9 Å². The van der Waals surface area contributed by atoms with Crippen LogP contribution in [-0.4, -0.2) is 30.0 Å². The lowest BCUT2D eigenvalue weighted by molar-refractivity contribution is 0.0871. The van der Waals surface area contributed by atoms with Crippen molar-refractivity contribution in [3.63, 3.8) is 0 Å². The smallest absolute Gasteiger partial charge is 0.130 e. The molecule has 0 amide bonds. The van der Waals surface area contributed by atoms with Gasteiger partial charge in [0.1, 0.15) is 11.6 Å². The molecule has 35 heavy (non-hydrogen) atoms. The van der Waals surface area contributed by atoms with E-state index in [0.29, 0.717) is 0 Å². The second kappa shape index (κ2) is 9.47. The van der Waals surface area contributed by atoms with Crippen LogP contribution in [0.15, 0.2) is 101 Å². The average molecular weight is 467 g/mol. The number of aromatic nitrogens is 1. The van der Waals surface area contributed by atoms with E-state index in [9.17, 15) is 4.39 Å². The minimum Gasteiger partial charge on any atom is -0.381 e. The van der Waals surface area contributed by atoms with Crippen molar-refractivity contribution in [1.29, 1.82) is 0 Å². The third kappa shape index (κ3) is 4.49. The molecule has 0 saturated carbocycles. The fraction of sp³-hybridized carbons (Fsp3) is 0.241. The molecule has 2 aliphatic heterocycles. The molecule has 3 heterocycles. The van der Waals surface area contributed by atoms with Gasteiger partial charge in [0.2, 0.25) is 0 Å². The number of benzene rings is 2. The molecule has 176 valence electrons. The highest BCUT2D eigenvalue weighted by molar-refractivity contribution is 6.12. The van der Waals surface area contributed by atoms with Crippen LogP contribution in [0.4, 0.5) is 21.6 Å². The summed E-state index contributed by atoms with van der Waals surface area (Å²) < 4.78 is 19.3. The highest BCUT2D eigenvalue weighted by atomic mass is 19.1. The Kier molecular flexibility index (Phi) is 5.88. The molecule has 2 aromatic carbocycles. The van der Waals surface area contributed by atoms with Gasteiger partial charge in [-0.15, -0.1) is 0 Å². The van der Waals surface area contributed by atoms with Crippen LogP contribution < -0.4 is 10.2 Å². The summed E-state index contributed by atoms with van der Waals surface area (Å²) in [5.41, 5.74) is 6.36. The number of rotatable bonds is 4. The number of nitrogens with one attached hydrogen (secondary N) is 1. The van der Waals surface area contributed by atoms with E-state index in [1.165, 1.54) is 17.7 Å². The van der Waals surface area contributed by atoms with Gasteiger partial charge in [0, 0.05) is 42.4 Å². The van der Waals surface area contributed by atoms with Crippen molar-refractivity contribution >= 4 is 22.9 Å². The molecule has 5 nitrogen and oxygen atoms in total. The number of halogens is 1. The maximum Gasteiger partial charge on any atom is 0.130 e. The van der Waals surface area contributed by atoms with E-state index in [1.807, 2.05) is 30.3 Å². The number of hydrogen-bond donors (Lipinski definition) is 1. The molecule has 1 atom stereocenters. The van der Waals surface area contributed by atoms with Gasteiger partial charge < -0.3 is 15.0 Å². The quantitative estimate of drug-likeness (QED) is 0.509. The van der Waals surface area contributed by atoms with E-state index in [-0.39, 0.29) is 17.8 Å². The van der Waals surface area contributed by atoms with Crippen LogP contribution in [-0.2, 0) is 11.2 Å². The van der Waals surface area contributed by atoms with Crippen LogP contribution in [0.5, 0.6) is 0 Å². The topological polar surface area (TPSA) is 49.8 Å². The minimum absolute atomic E-state index is 0.148. The first-order valence-corrected chi connectivity index (χ1v) is 12.2. The second-order valence-corrected chi connectivity index (χ2v) is 9.10. The van der Waals surface area contributed by atoms with E-state index in [0.717, 1.165) is 66.8 Å². The molecule has 6 heteroatoms. The maximum atomic E-state index is 13.8. The number of pyridine rings is 1. The van der Waals surface area contributed by atoms with Crippen molar-refractivity contribution in [3.05, 3.63) is 108 Å². The number of nitrogens with zero attached hydrogens (tertiary/aromatic N) is 3. The number of aliphatic imine (C=N–C) groups is 1. The molecule has 6 rings (SSSR count). The molecule has 1 N–H and O–H groups in total. The van der Waals surface area contributed by atoms with Gasteiger partial charge in [0.25, 0.3) is 0 Å². The first-order chi connectivity index (χ1) is 17.2. The summed E-state index contributed by atoms with van der Waals surface area (Å²) in [6.07, 6.45) is 8.97. The number of para-hydroxylation sites is 1. The molecular weight excluding hydrogens is 439 g/mol. The van der Waals surface area contributed by atoms with Crippen molar-refractivity contribution in [2.45, 2.75) is 25.3 Å². The molecule has 1 unspecified atom stereocenters. The lowest BCUT2D eigenvalue weighted by atomic mass is 9.84. The van der Waals surface area contributed by atoms with Gasteiger partial charge in [0.15, 0.2) is 0 Å². The van der Waals surface area contributed by atoms with Gasteiger partial charge in [-0.3, -0.25) is 4.99 Å². The normalized spacial score (nSPS) is 21.1.